The summed E-state index contributed by atoms with van der Waals surface area (Å²) in [5, 5.41) is 2.82. The third-order valence-electron chi connectivity index (χ3n) is 5.91. The monoisotopic (exact) mass is 448 g/mol. The number of ether oxygens (including phenoxy) is 2. The molecule has 0 saturated carbocycles. The third kappa shape index (κ3) is 5.73. The molecule has 2 amide bonds. The summed E-state index contributed by atoms with van der Waals surface area (Å²) in [4.78, 5) is 38.8. The van der Waals surface area contributed by atoms with Gasteiger partial charge in [0.2, 0.25) is 5.91 Å². The molecule has 1 aromatic rings. The summed E-state index contributed by atoms with van der Waals surface area (Å²) in [6, 6.07) is 5.69. The summed E-state index contributed by atoms with van der Waals surface area (Å²) in [5.74, 6) is 0.480. The molecule has 2 fully saturated rings. The van der Waals surface area contributed by atoms with Crippen LogP contribution in [0.4, 0.5) is 0 Å². The quantitative estimate of drug-likeness (QED) is 0.645. The van der Waals surface area contributed by atoms with E-state index in [0.717, 1.165) is 11.1 Å². The molecule has 2 aliphatic rings. The van der Waals surface area contributed by atoms with Crippen molar-refractivity contribution in [3.8, 4) is 5.75 Å². The molecule has 7 nitrogen and oxygen atoms in total. The van der Waals surface area contributed by atoms with Crippen LogP contribution < -0.4 is 10.1 Å². The Hall–Kier alpha value is -2.22. The van der Waals surface area contributed by atoms with E-state index in [2.05, 4.69) is 5.32 Å². The number of hydrogen-bond acceptors (Lipinski definition) is 6. The van der Waals surface area contributed by atoms with Crippen LogP contribution in [0, 0.1) is 19.3 Å². The molecular weight excluding hydrogens is 416 g/mol. The molecular formula is C23H32N2O5S. The van der Waals surface area contributed by atoms with Crippen LogP contribution in [0.15, 0.2) is 18.2 Å². The fraction of sp³-hybridized carbons (Fsp3) is 0.609. The molecule has 3 unspecified atom stereocenters. The van der Waals surface area contributed by atoms with Crippen LogP contribution in [0.5, 0.6) is 5.75 Å². The van der Waals surface area contributed by atoms with Gasteiger partial charge in [-0.25, -0.2) is 0 Å². The minimum Gasteiger partial charge on any atom is -0.481 e. The lowest BCUT2D eigenvalue weighted by molar-refractivity contribution is -0.137. The summed E-state index contributed by atoms with van der Waals surface area (Å²) in [6.45, 7) is 11.2. The number of carbonyl (C=O) groups is 3. The Morgan fingerprint density at radius 1 is 1.35 bits per heavy atom. The molecule has 2 aliphatic heterocycles. The van der Waals surface area contributed by atoms with Gasteiger partial charge in [-0.05, 0) is 32.4 Å². The maximum absolute atomic E-state index is 12.8. The first-order valence-corrected chi connectivity index (χ1v) is 11.7. The van der Waals surface area contributed by atoms with Crippen molar-refractivity contribution in [2.75, 3.05) is 25.4 Å². The summed E-state index contributed by atoms with van der Waals surface area (Å²) in [6.07, 6.45) is 0.00476. The number of carbonyl (C=O) groups excluding carboxylic acids is 3. The third-order valence-corrected chi connectivity index (χ3v) is 7.16. The van der Waals surface area contributed by atoms with Crippen LogP contribution in [0.2, 0.25) is 0 Å². The SMILES string of the molecule is Cc1ccc(OC(C)C(=O)NC2CN(C(=O)CSC3CCOC3=O)CC2(C)C)c(C)c1. The molecule has 0 aromatic heterocycles. The fourth-order valence-electron chi connectivity index (χ4n) is 3.92. The number of cyclic esters (lactones) is 1. The van der Waals surface area contributed by atoms with E-state index in [0.29, 0.717) is 31.9 Å². The predicted octanol–water partition coefficient (Wildman–Crippen LogP) is 2.47. The Labute approximate surface area is 188 Å². The first kappa shape index (κ1) is 23.4. The first-order valence-electron chi connectivity index (χ1n) is 10.7. The van der Waals surface area contributed by atoms with Crippen molar-refractivity contribution in [3.05, 3.63) is 29.3 Å². The van der Waals surface area contributed by atoms with Crippen molar-refractivity contribution in [1.29, 1.82) is 0 Å². The highest BCUT2D eigenvalue weighted by Crippen LogP contribution is 2.31. The molecule has 0 aliphatic carbocycles. The van der Waals surface area contributed by atoms with Crippen molar-refractivity contribution < 1.29 is 23.9 Å². The Morgan fingerprint density at radius 2 is 2.10 bits per heavy atom. The zero-order valence-corrected chi connectivity index (χ0v) is 19.7. The van der Waals surface area contributed by atoms with Crippen molar-refractivity contribution >= 4 is 29.5 Å². The number of thioether (sulfide) groups is 1. The lowest BCUT2D eigenvalue weighted by atomic mass is 9.88. The van der Waals surface area contributed by atoms with Crippen molar-refractivity contribution in [2.45, 2.75) is 58.4 Å². The number of rotatable bonds is 7. The molecule has 3 rings (SSSR count). The fourth-order valence-corrected chi connectivity index (χ4v) is 4.92. The van der Waals surface area contributed by atoms with Gasteiger partial charge < -0.3 is 19.7 Å². The molecule has 0 bridgehead atoms. The number of hydrogen-bond donors (Lipinski definition) is 1. The van der Waals surface area contributed by atoms with E-state index < -0.39 is 6.10 Å². The Kier molecular flexibility index (Phi) is 7.19. The first-order chi connectivity index (χ1) is 14.6. The van der Waals surface area contributed by atoms with Gasteiger partial charge in [0.15, 0.2) is 6.10 Å². The van der Waals surface area contributed by atoms with E-state index in [1.807, 2.05) is 45.9 Å². The van der Waals surface area contributed by atoms with Crippen LogP contribution >= 0.6 is 11.8 Å². The Balaban J connectivity index is 1.53. The normalized spacial score (nSPS) is 23.4. The van der Waals surface area contributed by atoms with E-state index in [4.69, 9.17) is 9.47 Å². The molecule has 31 heavy (non-hydrogen) atoms. The van der Waals surface area contributed by atoms with Crippen molar-refractivity contribution in [2.24, 2.45) is 5.41 Å². The number of aryl methyl sites for hydroxylation is 2. The molecule has 3 atom stereocenters. The highest BCUT2D eigenvalue weighted by molar-refractivity contribution is 8.01. The number of amides is 2. The van der Waals surface area contributed by atoms with Crippen LogP contribution in [0.25, 0.3) is 0 Å². The number of esters is 1. The molecule has 1 N–H and O–H groups in total. The maximum Gasteiger partial charge on any atom is 0.319 e. The van der Waals surface area contributed by atoms with Crippen molar-refractivity contribution in [3.63, 3.8) is 0 Å². The summed E-state index contributed by atoms with van der Waals surface area (Å²) < 4.78 is 10.8. The van der Waals surface area contributed by atoms with Gasteiger partial charge in [0, 0.05) is 24.9 Å². The van der Waals surface area contributed by atoms with Crippen molar-refractivity contribution in [1.82, 2.24) is 10.2 Å². The minimum atomic E-state index is -0.647. The van der Waals surface area contributed by atoms with E-state index in [-0.39, 0.29) is 40.2 Å². The second kappa shape index (κ2) is 9.51. The molecule has 170 valence electrons. The van der Waals surface area contributed by atoms with Crippen LogP contribution in [-0.4, -0.2) is 65.5 Å². The zero-order valence-electron chi connectivity index (χ0n) is 18.9. The molecule has 0 radical (unpaired) electrons. The second-order valence-electron chi connectivity index (χ2n) is 9.11. The highest BCUT2D eigenvalue weighted by atomic mass is 32.2. The predicted molar refractivity (Wildman–Crippen MR) is 120 cm³/mol. The van der Waals surface area contributed by atoms with Gasteiger partial charge in [-0.2, -0.15) is 0 Å². The highest BCUT2D eigenvalue weighted by Gasteiger charge is 2.42. The average molecular weight is 449 g/mol. The standard InChI is InChI=1S/C23H32N2O5S/c1-14-6-7-17(15(2)10-14)30-16(3)21(27)24-19-11-25(13-23(19,4)5)20(26)12-31-18-8-9-29-22(18)28/h6-7,10,16,18-19H,8-9,11-13H2,1-5H3,(H,24,27). The largest absolute Gasteiger partial charge is 0.481 e. The average Bonchev–Trinajstić information content (AvgIpc) is 3.24. The summed E-state index contributed by atoms with van der Waals surface area (Å²) >= 11 is 1.34. The van der Waals surface area contributed by atoms with Gasteiger partial charge in [-0.15, -0.1) is 11.8 Å². The van der Waals surface area contributed by atoms with Gasteiger partial charge in [0.05, 0.1) is 18.4 Å². The minimum absolute atomic E-state index is 0.0193. The zero-order chi connectivity index (χ0) is 22.8. The lowest BCUT2D eigenvalue weighted by Gasteiger charge is -2.27. The number of benzene rings is 1. The molecule has 8 heteroatoms. The van der Waals surface area contributed by atoms with E-state index >= 15 is 0 Å². The van der Waals surface area contributed by atoms with Crippen LogP contribution in [-0.2, 0) is 19.1 Å². The van der Waals surface area contributed by atoms with E-state index in [9.17, 15) is 14.4 Å². The van der Waals surface area contributed by atoms with Gasteiger partial charge in [-0.1, -0.05) is 31.5 Å². The Bertz CT molecular complexity index is 856. The van der Waals surface area contributed by atoms with E-state index in [1.54, 1.807) is 11.8 Å². The molecule has 1 aromatic carbocycles. The second-order valence-corrected chi connectivity index (χ2v) is 10.3. The maximum atomic E-state index is 12.8. The van der Waals surface area contributed by atoms with Crippen LogP contribution in [0.1, 0.15) is 38.3 Å². The smallest absolute Gasteiger partial charge is 0.319 e. The number of nitrogens with one attached hydrogen (secondary N) is 1. The van der Waals surface area contributed by atoms with Gasteiger partial charge in [0.25, 0.3) is 5.91 Å². The van der Waals surface area contributed by atoms with Gasteiger partial charge in [0.1, 0.15) is 11.0 Å². The van der Waals surface area contributed by atoms with Crippen LogP contribution in [0.3, 0.4) is 0 Å². The van der Waals surface area contributed by atoms with E-state index in [1.165, 1.54) is 11.8 Å². The molecule has 2 saturated heterocycles. The molecule has 0 spiro atoms. The Morgan fingerprint density at radius 3 is 2.74 bits per heavy atom. The topological polar surface area (TPSA) is 84.9 Å². The molecule has 2 heterocycles. The van der Waals surface area contributed by atoms with Gasteiger partial charge >= 0.3 is 5.97 Å². The lowest BCUT2D eigenvalue weighted by Crippen LogP contribution is -2.48. The number of nitrogens with zero attached hydrogens (tertiary/aromatic N) is 1. The summed E-state index contributed by atoms with van der Waals surface area (Å²) in [5.41, 5.74) is 1.87. The summed E-state index contributed by atoms with van der Waals surface area (Å²) in [7, 11) is 0. The number of likely N-dealkylation sites (tertiary alicyclic amines) is 1. The van der Waals surface area contributed by atoms with Gasteiger partial charge in [-0.3, -0.25) is 14.4 Å².